The number of nitrogens with two attached hydrogens (primary N) is 3. The Balaban J connectivity index is 2.21. The number of benzene rings is 1. The number of hydrogen-bond donors (Lipinski definition) is 8. The van der Waals surface area contributed by atoms with Gasteiger partial charge in [-0.3, -0.25) is 19.4 Å². The number of hydrogen-bond acceptors (Lipinski definition) is 7. The number of aromatic nitrogens is 1. The number of H-pyrrole nitrogens is 1. The molecule has 2 rings (SSSR count). The molecule has 0 aliphatic carbocycles. The molecule has 0 saturated carbocycles. The second kappa shape index (κ2) is 17.2. The normalized spacial score (nSPS) is 14.0. The molecule has 0 aliphatic heterocycles. The lowest BCUT2D eigenvalue weighted by Gasteiger charge is -2.26. The molecule has 0 saturated heterocycles. The SMILES string of the molecule is CSCCC(N)C(=O)NC(CC(C)C)C(=O)NC(CCCN=C(N)N)C(=O)NC(Cc1c[nH]c2ccccc12)C(=O)O. The van der Waals surface area contributed by atoms with E-state index in [0.717, 1.165) is 16.5 Å². The predicted molar refractivity (Wildman–Crippen MR) is 166 cm³/mol. The fraction of sp³-hybridized carbons (Fsp3) is 0.536. The first-order valence-corrected chi connectivity index (χ1v) is 15.3. The van der Waals surface area contributed by atoms with Gasteiger partial charge in [0.25, 0.3) is 0 Å². The van der Waals surface area contributed by atoms with Gasteiger partial charge in [0.1, 0.15) is 18.1 Å². The van der Waals surface area contributed by atoms with Crippen molar-refractivity contribution < 1.29 is 24.3 Å². The molecule has 13 nitrogen and oxygen atoms in total. The Bertz CT molecular complexity index is 1230. The number of thioether (sulfide) groups is 1. The molecule has 3 amide bonds. The number of guanidine groups is 1. The van der Waals surface area contributed by atoms with E-state index in [9.17, 15) is 24.3 Å². The molecule has 0 radical (unpaired) electrons. The standard InChI is InChI=1S/C28H44N8O5S/c1-16(2)13-22(35-24(37)19(29)10-12-42-3)26(39)34-21(9-6-11-32-28(30)31)25(38)36-23(27(40)41)14-17-15-33-20-8-5-4-7-18(17)20/h4-5,7-8,15-16,19,21-23,33H,6,9-14,29H2,1-3H3,(H,34,39)(H,35,37)(H,36,38)(H,40,41)(H4,30,31,32). The Kier molecular flexibility index (Phi) is 14.1. The van der Waals surface area contributed by atoms with Crippen LogP contribution >= 0.6 is 11.8 Å². The number of aromatic amines is 1. The van der Waals surface area contributed by atoms with Crippen molar-refractivity contribution in [2.24, 2.45) is 28.1 Å². The molecule has 0 bridgehead atoms. The maximum Gasteiger partial charge on any atom is 0.326 e. The highest BCUT2D eigenvalue weighted by Gasteiger charge is 2.31. The number of fused-ring (bicyclic) bond motifs is 1. The fourth-order valence-electron chi connectivity index (χ4n) is 4.40. The van der Waals surface area contributed by atoms with Gasteiger partial charge < -0.3 is 43.2 Å². The molecule has 232 valence electrons. The Hall–Kier alpha value is -3.78. The number of nitrogens with one attached hydrogen (secondary N) is 4. The number of carboxylic acids is 1. The van der Waals surface area contributed by atoms with Crippen molar-refractivity contribution in [3.05, 3.63) is 36.0 Å². The fourth-order valence-corrected chi connectivity index (χ4v) is 4.88. The van der Waals surface area contributed by atoms with Crippen molar-refractivity contribution in [1.82, 2.24) is 20.9 Å². The zero-order valence-corrected chi connectivity index (χ0v) is 25.2. The van der Waals surface area contributed by atoms with E-state index < -0.39 is 47.9 Å². The van der Waals surface area contributed by atoms with Crippen molar-refractivity contribution in [3.63, 3.8) is 0 Å². The average Bonchev–Trinajstić information content (AvgIpc) is 3.34. The van der Waals surface area contributed by atoms with E-state index in [4.69, 9.17) is 17.2 Å². The molecule has 0 spiro atoms. The van der Waals surface area contributed by atoms with Gasteiger partial charge in [0, 0.05) is 30.1 Å². The van der Waals surface area contributed by atoms with Crippen LogP contribution in [0.4, 0.5) is 0 Å². The van der Waals surface area contributed by atoms with Crippen molar-refractivity contribution in [2.45, 2.75) is 70.1 Å². The number of rotatable bonds is 18. The highest BCUT2D eigenvalue weighted by molar-refractivity contribution is 7.98. The van der Waals surface area contributed by atoms with Gasteiger partial charge in [-0.05, 0) is 55.2 Å². The van der Waals surface area contributed by atoms with Crippen LogP contribution < -0.4 is 33.2 Å². The molecule has 0 aliphatic rings. The molecular formula is C28H44N8O5S. The van der Waals surface area contributed by atoms with Crippen molar-refractivity contribution in [1.29, 1.82) is 0 Å². The summed E-state index contributed by atoms with van der Waals surface area (Å²) in [4.78, 5) is 58.7. The van der Waals surface area contributed by atoms with Crippen molar-refractivity contribution in [3.8, 4) is 0 Å². The van der Waals surface area contributed by atoms with E-state index in [1.165, 1.54) is 0 Å². The summed E-state index contributed by atoms with van der Waals surface area (Å²) in [7, 11) is 0. The second-order valence-corrected chi connectivity index (χ2v) is 11.5. The first-order valence-electron chi connectivity index (χ1n) is 13.9. The van der Waals surface area contributed by atoms with E-state index in [1.54, 1.807) is 18.0 Å². The van der Waals surface area contributed by atoms with Crippen LogP contribution in [-0.4, -0.2) is 82.5 Å². The number of para-hydroxylation sites is 1. The highest BCUT2D eigenvalue weighted by atomic mass is 32.2. The van der Waals surface area contributed by atoms with Gasteiger partial charge in [-0.2, -0.15) is 11.8 Å². The maximum absolute atomic E-state index is 13.4. The van der Waals surface area contributed by atoms with Gasteiger partial charge >= 0.3 is 5.97 Å². The van der Waals surface area contributed by atoms with Gasteiger partial charge in [-0.15, -0.1) is 0 Å². The van der Waals surface area contributed by atoms with Crippen LogP contribution in [0.5, 0.6) is 0 Å². The Morgan fingerprint density at radius 2 is 1.62 bits per heavy atom. The summed E-state index contributed by atoms with van der Waals surface area (Å²) in [5, 5.41) is 18.8. The Morgan fingerprint density at radius 3 is 2.26 bits per heavy atom. The number of aliphatic imine (C=N–C) groups is 1. The number of amides is 3. The zero-order valence-electron chi connectivity index (χ0n) is 24.4. The number of carbonyl (C=O) groups is 4. The summed E-state index contributed by atoms with van der Waals surface area (Å²) in [6.07, 6.45) is 4.87. The van der Waals surface area contributed by atoms with E-state index in [1.807, 2.05) is 44.4 Å². The topological polar surface area (TPSA) is 231 Å². The third-order valence-corrected chi connectivity index (χ3v) is 7.25. The lowest BCUT2D eigenvalue weighted by atomic mass is 10.0. The molecular weight excluding hydrogens is 560 g/mol. The Labute approximate surface area is 250 Å². The molecule has 2 aromatic rings. The van der Waals surface area contributed by atoms with E-state index in [2.05, 4.69) is 25.9 Å². The largest absolute Gasteiger partial charge is 0.480 e. The van der Waals surface area contributed by atoms with E-state index in [-0.39, 0.29) is 31.3 Å². The van der Waals surface area contributed by atoms with Gasteiger partial charge in [0.15, 0.2) is 5.96 Å². The maximum atomic E-state index is 13.4. The summed E-state index contributed by atoms with van der Waals surface area (Å²) < 4.78 is 0. The van der Waals surface area contributed by atoms with E-state index in [0.29, 0.717) is 25.0 Å². The van der Waals surface area contributed by atoms with Crippen LogP contribution in [0.3, 0.4) is 0 Å². The molecule has 11 N–H and O–H groups in total. The molecule has 4 atom stereocenters. The van der Waals surface area contributed by atoms with Gasteiger partial charge in [-0.25, -0.2) is 4.79 Å². The molecule has 4 unspecified atom stereocenters. The van der Waals surface area contributed by atoms with E-state index >= 15 is 0 Å². The number of aliphatic carboxylic acids is 1. The van der Waals surface area contributed by atoms with Crippen LogP contribution in [0, 0.1) is 5.92 Å². The summed E-state index contributed by atoms with van der Waals surface area (Å²) in [5.74, 6) is -2.29. The number of carboxylic acid groups (broad SMARTS) is 1. The monoisotopic (exact) mass is 604 g/mol. The molecule has 1 aromatic heterocycles. The third-order valence-electron chi connectivity index (χ3n) is 6.60. The molecule has 42 heavy (non-hydrogen) atoms. The minimum absolute atomic E-state index is 0.0275. The lowest BCUT2D eigenvalue weighted by molar-refractivity contribution is -0.142. The smallest absolute Gasteiger partial charge is 0.326 e. The van der Waals surface area contributed by atoms with Gasteiger partial charge in [0.2, 0.25) is 17.7 Å². The predicted octanol–water partition coefficient (Wildman–Crippen LogP) is 0.430. The summed E-state index contributed by atoms with van der Waals surface area (Å²) in [6.45, 7) is 4.01. The second-order valence-electron chi connectivity index (χ2n) is 10.6. The first kappa shape index (κ1) is 34.4. The Morgan fingerprint density at radius 1 is 0.976 bits per heavy atom. The summed E-state index contributed by atoms with van der Waals surface area (Å²) in [6, 6.07) is 3.37. The minimum Gasteiger partial charge on any atom is -0.480 e. The van der Waals surface area contributed by atoms with Crippen LogP contribution in [0.2, 0.25) is 0 Å². The van der Waals surface area contributed by atoms with Gasteiger partial charge in [-0.1, -0.05) is 32.0 Å². The van der Waals surface area contributed by atoms with Crippen LogP contribution in [0.25, 0.3) is 10.9 Å². The van der Waals surface area contributed by atoms with Crippen molar-refractivity contribution in [2.75, 3.05) is 18.6 Å². The minimum atomic E-state index is -1.26. The third kappa shape index (κ3) is 11.2. The summed E-state index contributed by atoms with van der Waals surface area (Å²) in [5.41, 5.74) is 18.4. The van der Waals surface area contributed by atoms with Crippen LogP contribution in [0.1, 0.15) is 45.1 Å². The van der Waals surface area contributed by atoms with Crippen LogP contribution in [0.15, 0.2) is 35.5 Å². The molecule has 0 fully saturated rings. The molecule has 1 heterocycles. The van der Waals surface area contributed by atoms with Gasteiger partial charge in [0.05, 0.1) is 6.04 Å². The van der Waals surface area contributed by atoms with Crippen LogP contribution in [-0.2, 0) is 25.6 Å². The molecule has 1 aromatic carbocycles. The number of carbonyl (C=O) groups excluding carboxylic acids is 3. The zero-order chi connectivity index (χ0) is 31.2. The number of nitrogens with zero attached hydrogens (tertiary/aromatic N) is 1. The molecule has 14 heteroatoms. The quantitative estimate of drug-likeness (QED) is 0.0669. The van der Waals surface area contributed by atoms with Crippen molar-refractivity contribution >= 4 is 52.3 Å². The first-order chi connectivity index (χ1) is 19.9. The average molecular weight is 605 g/mol. The summed E-state index contributed by atoms with van der Waals surface area (Å²) >= 11 is 1.56. The highest BCUT2D eigenvalue weighted by Crippen LogP contribution is 2.19. The lowest BCUT2D eigenvalue weighted by Crippen LogP contribution is -2.57.